The zero-order valence-electron chi connectivity index (χ0n) is 11.1. The number of nitrogens with zero attached hydrogens (tertiary/aromatic N) is 2. The second-order valence-electron chi connectivity index (χ2n) is 4.80. The second-order valence-corrected chi connectivity index (χ2v) is 6.78. The van der Waals surface area contributed by atoms with E-state index in [1.54, 1.807) is 0 Å². The fraction of sp³-hybridized carbons (Fsp3) is 0.900. The minimum atomic E-state index is -3.06. The summed E-state index contributed by atoms with van der Waals surface area (Å²) in [5.74, 6) is 0.704. The van der Waals surface area contributed by atoms with Gasteiger partial charge in [-0.1, -0.05) is 0 Å². The SMILES string of the molecule is CC(C)NC(N)=NCC1CCN(S(C)(=O)=O)C1.I. The molecular weight excluding hydrogens is 367 g/mol. The van der Waals surface area contributed by atoms with Crippen LogP contribution in [0.15, 0.2) is 4.99 Å². The average Bonchev–Trinajstić information content (AvgIpc) is 2.61. The molecule has 1 aliphatic rings. The summed E-state index contributed by atoms with van der Waals surface area (Å²) in [6, 6.07) is 0.259. The minimum absolute atomic E-state index is 0. The zero-order chi connectivity index (χ0) is 13.1. The first-order valence-electron chi connectivity index (χ1n) is 5.80. The second kappa shape index (κ2) is 7.49. The van der Waals surface area contributed by atoms with Gasteiger partial charge in [-0.25, -0.2) is 12.7 Å². The van der Waals surface area contributed by atoms with E-state index in [-0.39, 0.29) is 35.9 Å². The molecule has 1 rings (SSSR count). The Balaban J connectivity index is 0.00000289. The van der Waals surface area contributed by atoms with Crippen molar-refractivity contribution < 1.29 is 8.42 Å². The van der Waals surface area contributed by atoms with E-state index in [0.717, 1.165) is 6.42 Å². The number of rotatable bonds is 4. The number of guanidine groups is 1. The first kappa shape index (κ1) is 17.9. The van der Waals surface area contributed by atoms with Crippen molar-refractivity contribution in [2.24, 2.45) is 16.6 Å². The Morgan fingerprint density at radius 2 is 2.17 bits per heavy atom. The standard InChI is InChI=1S/C10H22N4O2S.HI/c1-8(2)13-10(11)12-6-9-4-5-14(7-9)17(3,15)16;/h8-9H,4-7H2,1-3H3,(H3,11,12,13);1H. The number of halogens is 1. The van der Waals surface area contributed by atoms with Gasteiger partial charge in [0, 0.05) is 25.7 Å². The molecule has 1 fully saturated rings. The monoisotopic (exact) mass is 390 g/mol. The van der Waals surface area contributed by atoms with Crippen molar-refractivity contribution in [3.63, 3.8) is 0 Å². The maximum absolute atomic E-state index is 11.3. The molecule has 0 aromatic rings. The molecule has 0 radical (unpaired) electrons. The van der Waals surface area contributed by atoms with E-state index in [4.69, 9.17) is 5.73 Å². The van der Waals surface area contributed by atoms with E-state index in [1.165, 1.54) is 10.6 Å². The predicted octanol–water partition coefficient (Wildman–Crippen LogP) is 0.199. The van der Waals surface area contributed by atoms with Gasteiger partial charge >= 0.3 is 0 Å². The van der Waals surface area contributed by atoms with Crippen molar-refractivity contribution in [2.45, 2.75) is 26.3 Å². The van der Waals surface area contributed by atoms with Gasteiger partial charge in [-0.3, -0.25) is 4.99 Å². The molecule has 1 saturated heterocycles. The summed E-state index contributed by atoms with van der Waals surface area (Å²) in [6.07, 6.45) is 2.10. The van der Waals surface area contributed by atoms with E-state index in [1.807, 2.05) is 13.8 Å². The lowest BCUT2D eigenvalue weighted by molar-refractivity contribution is 0.464. The maximum atomic E-state index is 11.3. The van der Waals surface area contributed by atoms with Crippen molar-refractivity contribution >= 4 is 40.0 Å². The first-order valence-corrected chi connectivity index (χ1v) is 7.65. The van der Waals surface area contributed by atoms with Crippen molar-refractivity contribution in [3.05, 3.63) is 0 Å². The van der Waals surface area contributed by atoms with Crippen molar-refractivity contribution in [1.82, 2.24) is 9.62 Å². The van der Waals surface area contributed by atoms with Crippen LogP contribution in [-0.2, 0) is 10.0 Å². The van der Waals surface area contributed by atoms with Gasteiger partial charge in [-0.2, -0.15) is 0 Å². The fourth-order valence-electron chi connectivity index (χ4n) is 1.82. The molecule has 0 aliphatic carbocycles. The molecule has 1 heterocycles. The van der Waals surface area contributed by atoms with Gasteiger partial charge in [0.15, 0.2) is 5.96 Å². The lowest BCUT2D eigenvalue weighted by Crippen LogP contribution is -2.37. The predicted molar refractivity (Wildman–Crippen MR) is 84.7 cm³/mol. The minimum Gasteiger partial charge on any atom is -0.370 e. The molecule has 18 heavy (non-hydrogen) atoms. The van der Waals surface area contributed by atoms with Crippen LogP contribution in [0.2, 0.25) is 0 Å². The summed E-state index contributed by atoms with van der Waals surface area (Å²) < 4.78 is 24.1. The Kier molecular flexibility index (Phi) is 7.45. The van der Waals surface area contributed by atoms with Gasteiger partial charge in [-0.05, 0) is 26.2 Å². The maximum Gasteiger partial charge on any atom is 0.211 e. The number of sulfonamides is 1. The normalized spacial score (nSPS) is 22.0. The summed E-state index contributed by atoms with van der Waals surface area (Å²) >= 11 is 0. The highest BCUT2D eigenvalue weighted by Gasteiger charge is 2.28. The largest absolute Gasteiger partial charge is 0.370 e. The van der Waals surface area contributed by atoms with Crippen LogP contribution in [0.5, 0.6) is 0 Å². The molecule has 1 unspecified atom stereocenters. The number of aliphatic imine (C=N–C) groups is 1. The average molecular weight is 390 g/mol. The molecule has 0 aromatic carbocycles. The number of hydrogen-bond acceptors (Lipinski definition) is 3. The van der Waals surface area contributed by atoms with Crippen LogP contribution in [0.1, 0.15) is 20.3 Å². The molecule has 1 atom stereocenters. The smallest absolute Gasteiger partial charge is 0.211 e. The molecule has 3 N–H and O–H groups in total. The van der Waals surface area contributed by atoms with E-state index >= 15 is 0 Å². The van der Waals surface area contributed by atoms with Crippen LogP contribution in [0.4, 0.5) is 0 Å². The molecule has 0 spiro atoms. The fourth-order valence-corrected chi connectivity index (χ4v) is 2.73. The van der Waals surface area contributed by atoms with Crippen molar-refractivity contribution in [1.29, 1.82) is 0 Å². The van der Waals surface area contributed by atoms with Crippen LogP contribution < -0.4 is 11.1 Å². The van der Waals surface area contributed by atoms with Crippen LogP contribution in [0.3, 0.4) is 0 Å². The first-order chi connectivity index (χ1) is 7.79. The van der Waals surface area contributed by atoms with Crippen LogP contribution in [-0.4, -0.2) is 50.6 Å². The van der Waals surface area contributed by atoms with Crippen molar-refractivity contribution in [2.75, 3.05) is 25.9 Å². The topological polar surface area (TPSA) is 87.8 Å². The Morgan fingerprint density at radius 3 is 2.61 bits per heavy atom. The lowest BCUT2D eigenvalue weighted by atomic mass is 10.1. The van der Waals surface area contributed by atoms with Crippen molar-refractivity contribution in [3.8, 4) is 0 Å². The van der Waals surface area contributed by atoms with E-state index in [2.05, 4.69) is 10.3 Å². The molecule has 6 nitrogen and oxygen atoms in total. The number of nitrogens with two attached hydrogens (primary N) is 1. The zero-order valence-corrected chi connectivity index (χ0v) is 14.2. The highest BCUT2D eigenvalue weighted by molar-refractivity contribution is 14.0. The third-order valence-electron chi connectivity index (χ3n) is 2.67. The van der Waals surface area contributed by atoms with Gasteiger partial charge in [-0.15, -0.1) is 24.0 Å². The molecule has 0 saturated carbocycles. The quantitative estimate of drug-likeness (QED) is 0.408. The third-order valence-corrected chi connectivity index (χ3v) is 3.94. The Hall–Kier alpha value is -0.0900. The summed E-state index contributed by atoms with van der Waals surface area (Å²) in [4.78, 5) is 4.22. The summed E-state index contributed by atoms with van der Waals surface area (Å²) in [6.45, 7) is 5.71. The van der Waals surface area contributed by atoms with Gasteiger partial charge < -0.3 is 11.1 Å². The highest BCUT2D eigenvalue weighted by atomic mass is 127. The molecular formula is C10H23IN4O2S. The van der Waals surface area contributed by atoms with Gasteiger partial charge in [0.2, 0.25) is 10.0 Å². The number of hydrogen-bond donors (Lipinski definition) is 2. The van der Waals surface area contributed by atoms with Crippen LogP contribution >= 0.6 is 24.0 Å². The lowest BCUT2D eigenvalue weighted by Gasteiger charge is -2.13. The highest BCUT2D eigenvalue weighted by Crippen LogP contribution is 2.18. The third kappa shape index (κ3) is 6.19. The summed E-state index contributed by atoms with van der Waals surface area (Å²) in [7, 11) is -3.06. The summed E-state index contributed by atoms with van der Waals surface area (Å²) in [5, 5.41) is 3.00. The Morgan fingerprint density at radius 1 is 1.56 bits per heavy atom. The van der Waals surface area contributed by atoms with Crippen LogP contribution in [0, 0.1) is 5.92 Å². The van der Waals surface area contributed by atoms with E-state index in [0.29, 0.717) is 25.6 Å². The molecule has 0 bridgehead atoms. The molecule has 0 aromatic heterocycles. The van der Waals surface area contributed by atoms with Gasteiger partial charge in [0.1, 0.15) is 0 Å². The Labute approximate surface area is 126 Å². The van der Waals surface area contributed by atoms with Gasteiger partial charge in [0.05, 0.1) is 6.26 Å². The van der Waals surface area contributed by atoms with E-state index < -0.39 is 10.0 Å². The molecule has 0 amide bonds. The Bertz CT molecular complexity index is 383. The molecule has 108 valence electrons. The summed E-state index contributed by atoms with van der Waals surface area (Å²) in [5.41, 5.74) is 5.68. The van der Waals surface area contributed by atoms with E-state index in [9.17, 15) is 8.42 Å². The van der Waals surface area contributed by atoms with Gasteiger partial charge in [0.25, 0.3) is 0 Å². The van der Waals surface area contributed by atoms with Crippen LogP contribution in [0.25, 0.3) is 0 Å². The molecule has 8 heteroatoms. The number of nitrogens with one attached hydrogen (secondary N) is 1. The molecule has 1 aliphatic heterocycles.